The summed E-state index contributed by atoms with van der Waals surface area (Å²) in [5, 5.41) is 0. The van der Waals surface area contributed by atoms with Gasteiger partial charge in [0.1, 0.15) is 5.75 Å². The Morgan fingerprint density at radius 2 is 1.94 bits per heavy atom. The van der Waals surface area contributed by atoms with Crippen LogP contribution in [0.15, 0.2) is 33.6 Å². The maximum Gasteiger partial charge on any atom is 0.285 e. The van der Waals surface area contributed by atoms with Crippen LogP contribution >= 0.6 is 0 Å². The van der Waals surface area contributed by atoms with Crippen LogP contribution in [-0.4, -0.2) is 28.5 Å². The molecule has 0 aromatic heterocycles. The zero-order valence-corrected chi connectivity index (χ0v) is 9.90. The summed E-state index contributed by atoms with van der Waals surface area (Å²) in [6, 6.07) is 5.97. The molecule has 1 rings (SSSR count). The van der Waals surface area contributed by atoms with Crippen molar-refractivity contribution in [3.63, 3.8) is 0 Å². The second-order valence-electron chi connectivity index (χ2n) is 2.82. The number of hydrogen-bond donors (Lipinski definition) is 0. The van der Waals surface area contributed by atoms with E-state index in [0.717, 1.165) is 6.40 Å². The van der Waals surface area contributed by atoms with Gasteiger partial charge in [0.15, 0.2) is 6.40 Å². The molecule has 0 N–H and O–H groups in total. The summed E-state index contributed by atoms with van der Waals surface area (Å²) < 4.78 is 36.2. The van der Waals surface area contributed by atoms with Gasteiger partial charge < -0.3 is 9.47 Å². The van der Waals surface area contributed by atoms with Gasteiger partial charge in [-0.25, -0.2) is 0 Å². The number of rotatable bonds is 5. The minimum atomic E-state index is -3.67. The van der Waals surface area contributed by atoms with Crippen LogP contribution in [0.1, 0.15) is 6.92 Å². The third kappa shape index (κ3) is 3.23. The van der Waals surface area contributed by atoms with Crippen LogP contribution in [0.5, 0.6) is 5.75 Å². The zero-order valence-electron chi connectivity index (χ0n) is 9.08. The molecular weight excluding hydrogens is 230 g/mol. The summed E-state index contributed by atoms with van der Waals surface area (Å²) in [4.78, 5) is 0.101. The molecule has 0 heterocycles. The van der Waals surface area contributed by atoms with Gasteiger partial charge in [-0.1, -0.05) is 0 Å². The molecule has 0 bridgehead atoms. The quantitative estimate of drug-likeness (QED) is 0.580. The molecule has 0 fully saturated rings. The third-order valence-electron chi connectivity index (χ3n) is 1.78. The molecule has 6 heteroatoms. The standard InChI is InChI=1S/C10H13NO4S/c1-3-15-8-11-16(12,13)10-6-4-9(14-2)5-7-10/h4-8H,3H2,1-2H3. The second-order valence-corrected chi connectivity index (χ2v) is 4.45. The van der Waals surface area contributed by atoms with Crippen molar-refractivity contribution in [2.75, 3.05) is 13.7 Å². The van der Waals surface area contributed by atoms with E-state index in [4.69, 9.17) is 9.47 Å². The predicted octanol–water partition coefficient (Wildman–Crippen LogP) is 1.45. The fraction of sp³-hybridized carbons (Fsp3) is 0.300. The molecule has 0 aliphatic heterocycles. The van der Waals surface area contributed by atoms with E-state index in [-0.39, 0.29) is 4.90 Å². The summed E-state index contributed by atoms with van der Waals surface area (Å²) in [5.74, 6) is 0.590. The summed E-state index contributed by atoms with van der Waals surface area (Å²) >= 11 is 0. The monoisotopic (exact) mass is 243 g/mol. The van der Waals surface area contributed by atoms with Gasteiger partial charge >= 0.3 is 0 Å². The highest BCUT2D eigenvalue weighted by molar-refractivity contribution is 7.90. The summed E-state index contributed by atoms with van der Waals surface area (Å²) in [6.07, 6.45) is 0.930. The first-order valence-corrected chi connectivity index (χ1v) is 6.08. The maximum atomic E-state index is 11.6. The Kier molecular flexibility index (Phi) is 4.30. The van der Waals surface area contributed by atoms with Crippen molar-refractivity contribution >= 4 is 16.4 Å². The van der Waals surface area contributed by atoms with Gasteiger partial charge in [0.2, 0.25) is 0 Å². The molecule has 0 saturated heterocycles. The topological polar surface area (TPSA) is 65.0 Å². The van der Waals surface area contributed by atoms with Crippen molar-refractivity contribution in [1.82, 2.24) is 0 Å². The third-order valence-corrected chi connectivity index (χ3v) is 3.01. The number of methoxy groups -OCH3 is 1. The largest absolute Gasteiger partial charge is 0.497 e. The lowest BCUT2D eigenvalue weighted by atomic mass is 10.3. The average Bonchev–Trinajstić information content (AvgIpc) is 2.29. The van der Waals surface area contributed by atoms with Gasteiger partial charge in [0, 0.05) is 0 Å². The molecule has 0 radical (unpaired) electrons. The van der Waals surface area contributed by atoms with Crippen LogP contribution in [0, 0.1) is 0 Å². The second kappa shape index (κ2) is 5.50. The van der Waals surface area contributed by atoms with E-state index in [1.54, 1.807) is 19.1 Å². The first-order valence-electron chi connectivity index (χ1n) is 4.64. The Balaban J connectivity index is 2.90. The van der Waals surface area contributed by atoms with E-state index < -0.39 is 10.0 Å². The van der Waals surface area contributed by atoms with E-state index in [9.17, 15) is 8.42 Å². The first kappa shape index (κ1) is 12.5. The Bertz CT molecular complexity index is 450. The predicted molar refractivity (Wildman–Crippen MR) is 60.3 cm³/mol. The average molecular weight is 243 g/mol. The summed E-state index contributed by atoms with van der Waals surface area (Å²) in [5.41, 5.74) is 0. The molecular formula is C10H13NO4S. The fourth-order valence-corrected chi connectivity index (χ4v) is 1.75. The Morgan fingerprint density at radius 3 is 2.44 bits per heavy atom. The zero-order chi connectivity index (χ0) is 12.0. The van der Waals surface area contributed by atoms with Crippen molar-refractivity contribution in [2.45, 2.75) is 11.8 Å². The molecule has 1 aromatic carbocycles. The minimum Gasteiger partial charge on any atom is -0.497 e. The Morgan fingerprint density at radius 1 is 1.31 bits per heavy atom. The van der Waals surface area contributed by atoms with Gasteiger partial charge in [-0.05, 0) is 31.2 Å². The SMILES string of the molecule is CCOC=NS(=O)(=O)c1ccc(OC)cc1. The molecule has 88 valence electrons. The van der Waals surface area contributed by atoms with Crippen molar-refractivity contribution < 1.29 is 17.9 Å². The number of sulfonamides is 1. The Labute approximate surface area is 94.8 Å². The highest BCUT2D eigenvalue weighted by Crippen LogP contribution is 2.16. The van der Waals surface area contributed by atoms with Crippen LogP contribution < -0.4 is 4.74 Å². The van der Waals surface area contributed by atoms with Crippen LogP contribution in [0.25, 0.3) is 0 Å². The normalized spacial score (nSPS) is 11.6. The molecule has 0 unspecified atom stereocenters. The van der Waals surface area contributed by atoms with Crippen molar-refractivity contribution in [3.05, 3.63) is 24.3 Å². The summed E-state index contributed by atoms with van der Waals surface area (Å²) in [7, 11) is -2.16. The minimum absolute atomic E-state index is 0.101. The van der Waals surface area contributed by atoms with Crippen LogP contribution in [0.2, 0.25) is 0 Å². The lowest BCUT2D eigenvalue weighted by Gasteiger charge is -2.01. The van der Waals surface area contributed by atoms with Crippen molar-refractivity contribution in [3.8, 4) is 5.75 Å². The first-order chi connectivity index (χ1) is 7.60. The van der Waals surface area contributed by atoms with Crippen LogP contribution in [0.3, 0.4) is 0 Å². The maximum absolute atomic E-state index is 11.6. The van der Waals surface area contributed by atoms with Crippen LogP contribution in [0.4, 0.5) is 0 Å². The number of benzene rings is 1. The van der Waals surface area contributed by atoms with E-state index in [1.165, 1.54) is 19.2 Å². The van der Waals surface area contributed by atoms with Crippen LogP contribution in [-0.2, 0) is 14.8 Å². The van der Waals surface area contributed by atoms with Gasteiger partial charge in [0.05, 0.1) is 18.6 Å². The molecule has 16 heavy (non-hydrogen) atoms. The molecule has 0 saturated carbocycles. The molecule has 0 amide bonds. The molecule has 0 atom stereocenters. The van der Waals surface area contributed by atoms with E-state index in [0.29, 0.717) is 12.4 Å². The number of nitrogens with zero attached hydrogens (tertiary/aromatic N) is 1. The van der Waals surface area contributed by atoms with E-state index in [1.807, 2.05) is 0 Å². The molecule has 5 nitrogen and oxygen atoms in total. The highest BCUT2D eigenvalue weighted by atomic mass is 32.2. The lowest BCUT2D eigenvalue weighted by molar-refractivity contribution is 0.344. The molecule has 0 aliphatic rings. The van der Waals surface area contributed by atoms with Gasteiger partial charge in [-0.3, -0.25) is 0 Å². The fourth-order valence-electron chi connectivity index (χ4n) is 0.970. The van der Waals surface area contributed by atoms with Gasteiger partial charge in [-0.2, -0.15) is 8.42 Å². The summed E-state index contributed by atoms with van der Waals surface area (Å²) in [6.45, 7) is 2.12. The van der Waals surface area contributed by atoms with Crippen molar-refractivity contribution in [2.24, 2.45) is 4.40 Å². The Hall–Kier alpha value is -1.56. The van der Waals surface area contributed by atoms with E-state index in [2.05, 4.69) is 4.40 Å². The number of ether oxygens (including phenoxy) is 2. The molecule has 1 aromatic rings. The lowest BCUT2D eigenvalue weighted by Crippen LogP contribution is -1.98. The van der Waals surface area contributed by atoms with E-state index >= 15 is 0 Å². The smallest absolute Gasteiger partial charge is 0.285 e. The highest BCUT2D eigenvalue weighted by Gasteiger charge is 2.11. The number of hydrogen-bond acceptors (Lipinski definition) is 4. The van der Waals surface area contributed by atoms with Gasteiger partial charge in [-0.15, -0.1) is 4.40 Å². The molecule has 0 spiro atoms. The molecule has 0 aliphatic carbocycles. The van der Waals surface area contributed by atoms with Gasteiger partial charge in [0.25, 0.3) is 10.0 Å². The van der Waals surface area contributed by atoms with Crippen molar-refractivity contribution in [1.29, 1.82) is 0 Å².